The molecule has 3 N–H and O–H groups in total. The Morgan fingerprint density at radius 3 is 2.58 bits per heavy atom. The minimum atomic E-state index is -1.67. The highest BCUT2D eigenvalue weighted by Crippen LogP contribution is 2.40. The van der Waals surface area contributed by atoms with Crippen LogP contribution >= 0.6 is 23.1 Å². The smallest absolute Gasteiger partial charge is 0.461 e. The molecule has 14 nitrogen and oxygen atoms in total. The van der Waals surface area contributed by atoms with E-state index in [-0.39, 0.29) is 34.3 Å². The second-order valence-electron chi connectivity index (χ2n) is 8.42. The summed E-state index contributed by atoms with van der Waals surface area (Å²) in [7, 11) is 0. The number of carbonyl (C=O) groups is 6. The molecule has 16 heteroatoms. The number of rotatable bonds is 6. The Labute approximate surface area is 211 Å². The van der Waals surface area contributed by atoms with Crippen molar-refractivity contribution in [1.29, 1.82) is 0 Å². The quantitative estimate of drug-likeness (QED) is 0.152. The number of aromatic amines is 1. The van der Waals surface area contributed by atoms with E-state index in [2.05, 4.69) is 15.3 Å². The van der Waals surface area contributed by atoms with Crippen molar-refractivity contribution in [1.82, 2.24) is 15.2 Å². The molecule has 1 saturated heterocycles. The third-order valence-corrected chi connectivity index (χ3v) is 6.59. The van der Waals surface area contributed by atoms with E-state index in [9.17, 15) is 28.8 Å². The van der Waals surface area contributed by atoms with E-state index in [1.165, 1.54) is 24.1 Å². The lowest BCUT2D eigenvalue weighted by molar-refractivity contribution is -0.148. The van der Waals surface area contributed by atoms with E-state index >= 15 is 0 Å². The number of nitrogens with one attached hydrogen (secondary N) is 2. The first-order valence-electron chi connectivity index (χ1n) is 10.3. The van der Waals surface area contributed by atoms with Crippen molar-refractivity contribution in [2.45, 2.75) is 44.7 Å². The van der Waals surface area contributed by atoms with Crippen LogP contribution in [0.15, 0.2) is 21.8 Å². The number of carbonyl (C=O) groups excluding carboxylic acids is 5. The SMILES string of the molecule is CC(=O)OCC1=C(OC(=O)O)N2C(=O)C(NC(=O)C(=O)c3csc(=NC(=O)OC(C)(C)C)[nH]3)[C@@H]2SC1. The van der Waals surface area contributed by atoms with Crippen molar-refractivity contribution in [3.63, 3.8) is 0 Å². The maximum atomic E-state index is 12.7. The summed E-state index contributed by atoms with van der Waals surface area (Å²) in [6.07, 6.45) is -2.55. The molecule has 3 heterocycles. The molecule has 0 radical (unpaired) electrons. The number of amides is 3. The number of esters is 1. The number of thioether (sulfide) groups is 1. The van der Waals surface area contributed by atoms with Gasteiger partial charge in [0.2, 0.25) is 5.88 Å². The van der Waals surface area contributed by atoms with Gasteiger partial charge in [0.25, 0.3) is 17.6 Å². The summed E-state index contributed by atoms with van der Waals surface area (Å²) in [5.41, 5.74) is -0.655. The van der Waals surface area contributed by atoms with Gasteiger partial charge in [-0.3, -0.25) is 24.1 Å². The molecule has 0 spiro atoms. The number of aromatic nitrogens is 1. The maximum absolute atomic E-state index is 12.7. The lowest BCUT2D eigenvalue weighted by Gasteiger charge is -2.48. The molecule has 1 fully saturated rings. The first-order valence-corrected chi connectivity index (χ1v) is 12.2. The number of nitrogens with zero attached hydrogens (tertiary/aromatic N) is 2. The first kappa shape index (κ1) is 26.9. The molecule has 3 amide bonds. The van der Waals surface area contributed by atoms with Crippen LogP contribution < -0.4 is 10.1 Å². The fourth-order valence-electron chi connectivity index (χ4n) is 3.05. The van der Waals surface area contributed by atoms with Gasteiger partial charge in [-0.2, -0.15) is 0 Å². The van der Waals surface area contributed by atoms with Crippen LogP contribution in [0, 0.1) is 0 Å². The summed E-state index contributed by atoms with van der Waals surface area (Å²) in [6, 6.07) is -1.13. The molecule has 2 atom stereocenters. The molecule has 194 valence electrons. The normalized spacial score (nSPS) is 19.7. The van der Waals surface area contributed by atoms with Crippen LogP contribution in [0.4, 0.5) is 9.59 Å². The number of ketones is 1. The standard InChI is InChI=1S/C20H22N4O10S2/c1-8(25)32-5-9-6-35-16-11(14(28)24(16)15(9)33-19(30)31)22-13(27)12(26)10-7-36-17(21-10)23-18(29)34-20(2,3)4/h7,11,16H,5-6H2,1-4H3,(H,22,27)(H,30,31)(H,21,23,29)/t11?,16-/m0/s1. The fraction of sp³-hybridized carbons (Fsp3) is 0.450. The Hall–Kier alpha value is -3.66. The number of hydrogen-bond acceptors (Lipinski definition) is 11. The van der Waals surface area contributed by atoms with Crippen LogP contribution in [0.25, 0.3) is 0 Å². The predicted molar refractivity (Wildman–Crippen MR) is 123 cm³/mol. The number of thiazole rings is 1. The van der Waals surface area contributed by atoms with Crippen LogP contribution in [0.3, 0.4) is 0 Å². The van der Waals surface area contributed by atoms with Crippen LogP contribution in [0.1, 0.15) is 38.2 Å². The molecule has 36 heavy (non-hydrogen) atoms. The summed E-state index contributed by atoms with van der Waals surface area (Å²) in [4.78, 5) is 79.1. The fourth-order valence-corrected chi connectivity index (χ4v) is 5.04. The van der Waals surface area contributed by atoms with E-state index < -0.39 is 52.8 Å². The highest BCUT2D eigenvalue weighted by Gasteiger charge is 2.54. The zero-order chi connectivity index (χ0) is 26.8. The number of carboxylic acid groups (broad SMARTS) is 1. The molecule has 0 aromatic carbocycles. The highest BCUT2D eigenvalue weighted by atomic mass is 32.2. The van der Waals surface area contributed by atoms with Crippen LogP contribution in [-0.2, 0) is 28.6 Å². The number of H-pyrrole nitrogens is 1. The molecule has 0 bridgehead atoms. The van der Waals surface area contributed by atoms with Crippen LogP contribution in [-0.4, -0.2) is 80.2 Å². The third-order valence-electron chi connectivity index (χ3n) is 4.48. The van der Waals surface area contributed by atoms with Gasteiger partial charge in [-0.25, -0.2) is 9.59 Å². The predicted octanol–water partition coefficient (Wildman–Crippen LogP) is 0.964. The summed E-state index contributed by atoms with van der Waals surface area (Å²) >= 11 is 2.07. The van der Waals surface area contributed by atoms with Gasteiger partial charge in [0.05, 0.1) is 0 Å². The zero-order valence-corrected chi connectivity index (χ0v) is 21.1. The largest absolute Gasteiger partial charge is 0.512 e. The number of Topliss-reactive ketones (excluding diaryl/α,β-unsaturated/α-hetero) is 1. The first-order chi connectivity index (χ1) is 16.8. The van der Waals surface area contributed by atoms with Gasteiger partial charge in [0.1, 0.15) is 29.3 Å². The monoisotopic (exact) mass is 542 g/mol. The van der Waals surface area contributed by atoms with E-state index in [4.69, 9.17) is 19.3 Å². The Morgan fingerprint density at radius 2 is 1.97 bits per heavy atom. The molecular formula is C20H22N4O10S2. The number of hydrogen-bond donors (Lipinski definition) is 3. The van der Waals surface area contributed by atoms with E-state index in [0.29, 0.717) is 0 Å². The molecule has 0 aliphatic carbocycles. The number of ether oxygens (including phenoxy) is 3. The lowest BCUT2D eigenvalue weighted by Crippen LogP contribution is -2.70. The van der Waals surface area contributed by atoms with Crippen molar-refractivity contribution in [2.24, 2.45) is 4.99 Å². The second-order valence-corrected chi connectivity index (χ2v) is 10.4. The van der Waals surface area contributed by atoms with Gasteiger partial charge in [-0.1, -0.05) is 0 Å². The molecule has 2 aliphatic heterocycles. The van der Waals surface area contributed by atoms with Crippen molar-refractivity contribution in [3.8, 4) is 0 Å². The number of fused-ring (bicyclic) bond motifs is 1. The molecular weight excluding hydrogens is 520 g/mol. The Balaban J connectivity index is 1.68. The third kappa shape index (κ3) is 6.31. The Kier molecular flexibility index (Phi) is 7.88. The van der Waals surface area contributed by atoms with Crippen molar-refractivity contribution in [2.75, 3.05) is 12.4 Å². The Bertz CT molecular complexity index is 1230. The summed E-state index contributed by atoms with van der Waals surface area (Å²) in [5, 5.41) is 11.9. The summed E-state index contributed by atoms with van der Waals surface area (Å²) in [6.45, 7) is 5.89. The van der Waals surface area contributed by atoms with E-state index in [1.54, 1.807) is 20.8 Å². The van der Waals surface area contributed by atoms with Gasteiger partial charge in [-0.15, -0.1) is 28.1 Å². The average Bonchev–Trinajstić information content (AvgIpc) is 3.21. The number of β-lactam (4-membered cyclic amide) rings is 1. The minimum Gasteiger partial charge on any atom is -0.461 e. The van der Waals surface area contributed by atoms with Crippen LogP contribution in [0.2, 0.25) is 0 Å². The average molecular weight is 543 g/mol. The summed E-state index contributed by atoms with van der Waals surface area (Å²) < 4.78 is 14.7. The highest BCUT2D eigenvalue weighted by molar-refractivity contribution is 8.00. The topological polar surface area (TPSA) is 194 Å². The minimum absolute atomic E-state index is 0.0371. The van der Waals surface area contributed by atoms with Gasteiger partial charge >= 0.3 is 18.2 Å². The lowest BCUT2D eigenvalue weighted by atomic mass is 10.1. The zero-order valence-electron chi connectivity index (χ0n) is 19.5. The molecule has 3 rings (SSSR count). The molecule has 2 aliphatic rings. The van der Waals surface area contributed by atoms with Crippen molar-refractivity contribution in [3.05, 3.63) is 27.3 Å². The molecule has 0 saturated carbocycles. The second kappa shape index (κ2) is 10.5. The van der Waals surface area contributed by atoms with E-state index in [1.807, 2.05) is 0 Å². The van der Waals surface area contributed by atoms with Gasteiger partial charge < -0.3 is 29.6 Å². The van der Waals surface area contributed by atoms with Crippen molar-refractivity contribution >= 4 is 58.9 Å². The molecule has 1 aromatic rings. The van der Waals surface area contributed by atoms with Gasteiger partial charge in [-0.05, 0) is 20.8 Å². The van der Waals surface area contributed by atoms with Crippen LogP contribution in [0.5, 0.6) is 0 Å². The maximum Gasteiger partial charge on any atom is 0.512 e. The van der Waals surface area contributed by atoms with Gasteiger partial charge in [0, 0.05) is 23.6 Å². The van der Waals surface area contributed by atoms with Crippen molar-refractivity contribution < 1.29 is 48.1 Å². The molecule has 1 unspecified atom stereocenters. The Morgan fingerprint density at radius 1 is 1.28 bits per heavy atom. The van der Waals surface area contributed by atoms with Gasteiger partial charge in [0.15, 0.2) is 4.80 Å². The van der Waals surface area contributed by atoms with E-state index in [0.717, 1.165) is 16.2 Å². The summed E-state index contributed by atoms with van der Waals surface area (Å²) in [5.74, 6) is -3.55. The molecule has 1 aromatic heterocycles.